The molecule has 1 aliphatic rings. The lowest BCUT2D eigenvalue weighted by molar-refractivity contribution is 0.0210. The van der Waals surface area contributed by atoms with Crippen LogP contribution in [0.2, 0.25) is 0 Å². The molecule has 0 saturated heterocycles. The van der Waals surface area contributed by atoms with Crippen LogP contribution < -0.4 is 0 Å². The fourth-order valence-corrected chi connectivity index (χ4v) is 4.35. The van der Waals surface area contributed by atoms with E-state index in [9.17, 15) is 5.11 Å². The maximum absolute atomic E-state index is 11.0. The zero-order chi connectivity index (χ0) is 13.4. The van der Waals surface area contributed by atoms with Crippen molar-refractivity contribution in [2.45, 2.75) is 65.4 Å². The van der Waals surface area contributed by atoms with Gasteiger partial charge in [0, 0.05) is 4.88 Å². The number of hydrogen-bond donors (Lipinski definition) is 1. The van der Waals surface area contributed by atoms with Gasteiger partial charge in [0.1, 0.15) is 0 Å². The van der Waals surface area contributed by atoms with Crippen molar-refractivity contribution in [1.82, 2.24) is 0 Å². The van der Waals surface area contributed by atoms with E-state index in [0.29, 0.717) is 5.41 Å². The number of aryl methyl sites for hydroxylation is 1. The highest BCUT2D eigenvalue weighted by atomic mass is 32.1. The summed E-state index contributed by atoms with van der Waals surface area (Å²) in [5.41, 5.74) is 1.07. The lowest BCUT2D eigenvalue weighted by Gasteiger charge is -2.31. The monoisotopic (exact) mass is 266 g/mol. The SMILES string of the molecule is Cc1ccsc1C1(O)CCCC(C(C)(C)C)CC1. The Morgan fingerprint density at radius 3 is 2.56 bits per heavy atom. The van der Waals surface area contributed by atoms with Gasteiger partial charge in [-0.2, -0.15) is 0 Å². The van der Waals surface area contributed by atoms with Gasteiger partial charge in [-0.1, -0.05) is 20.8 Å². The summed E-state index contributed by atoms with van der Waals surface area (Å²) in [5.74, 6) is 0.742. The zero-order valence-corrected chi connectivity index (χ0v) is 12.9. The summed E-state index contributed by atoms with van der Waals surface area (Å²) >= 11 is 1.72. The van der Waals surface area contributed by atoms with Crippen LogP contribution in [0.3, 0.4) is 0 Å². The van der Waals surface area contributed by atoms with Gasteiger partial charge in [0.15, 0.2) is 0 Å². The van der Waals surface area contributed by atoms with Gasteiger partial charge >= 0.3 is 0 Å². The van der Waals surface area contributed by atoms with Gasteiger partial charge in [-0.25, -0.2) is 0 Å². The normalized spacial score (nSPS) is 30.2. The molecule has 0 aromatic carbocycles. The largest absolute Gasteiger partial charge is 0.384 e. The average molecular weight is 266 g/mol. The summed E-state index contributed by atoms with van der Waals surface area (Å²) in [6.07, 6.45) is 5.42. The Morgan fingerprint density at radius 2 is 2.00 bits per heavy atom. The third-order valence-electron chi connectivity index (χ3n) is 4.56. The lowest BCUT2D eigenvalue weighted by Crippen LogP contribution is -2.25. The fourth-order valence-electron chi connectivity index (χ4n) is 3.27. The first-order chi connectivity index (χ1) is 8.33. The highest BCUT2D eigenvalue weighted by Gasteiger charge is 2.37. The van der Waals surface area contributed by atoms with Crippen LogP contribution in [0.25, 0.3) is 0 Å². The van der Waals surface area contributed by atoms with Gasteiger partial charge in [-0.3, -0.25) is 0 Å². The first-order valence-corrected chi connectivity index (χ1v) is 7.98. The second kappa shape index (κ2) is 4.97. The molecule has 1 N–H and O–H groups in total. The molecule has 1 aliphatic carbocycles. The molecule has 0 radical (unpaired) electrons. The van der Waals surface area contributed by atoms with E-state index in [2.05, 4.69) is 39.1 Å². The minimum Gasteiger partial charge on any atom is -0.384 e. The van der Waals surface area contributed by atoms with E-state index in [1.807, 2.05) is 0 Å². The van der Waals surface area contributed by atoms with Crippen LogP contribution in [-0.4, -0.2) is 5.11 Å². The molecule has 1 saturated carbocycles. The van der Waals surface area contributed by atoms with E-state index >= 15 is 0 Å². The molecule has 1 heterocycles. The second-order valence-electron chi connectivity index (χ2n) is 6.96. The van der Waals surface area contributed by atoms with Crippen molar-refractivity contribution in [3.8, 4) is 0 Å². The molecular formula is C16H26OS. The summed E-state index contributed by atoms with van der Waals surface area (Å²) < 4.78 is 0. The molecule has 2 heteroatoms. The predicted molar refractivity (Wildman–Crippen MR) is 79.0 cm³/mol. The smallest absolute Gasteiger partial charge is 0.0990 e. The summed E-state index contributed by atoms with van der Waals surface area (Å²) in [5, 5.41) is 13.1. The molecule has 1 fully saturated rings. The third-order valence-corrected chi connectivity index (χ3v) is 5.77. The van der Waals surface area contributed by atoms with Crippen molar-refractivity contribution in [2.24, 2.45) is 11.3 Å². The maximum atomic E-state index is 11.0. The lowest BCUT2D eigenvalue weighted by atomic mass is 9.76. The quantitative estimate of drug-likeness (QED) is 0.719. The number of hydrogen-bond acceptors (Lipinski definition) is 2. The molecule has 1 aromatic rings. The fraction of sp³-hybridized carbons (Fsp3) is 0.750. The first kappa shape index (κ1) is 14.1. The van der Waals surface area contributed by atoms with Crippen molar-refractivity contribution in [3.05, 3.63) is 21.9 Å². The van der Waals surface area contributed by atoms with Crippen LogP contribution in [0.4, 0.5) is 0 Å². The molecule has 2 rings (SSSR count). The molecular weight excluding hydrogens is 240 g/mol. The standard InChI is InChI=1S/C16H26OS/c1-12-8-11-18-14(12)16(17)9-5-6-13(7-10-16)15(2,3)4/h8,11,13,17H,5-7,9-10H2,1-4H3. The first-order valence-electron chi connectivity index (χ1n) is 7.10. The molecule has 2 unspecified atom stereocenters. The highest BCUT2D eigenvalue weighted by molar-refractivity contribution is 7.10. The summed E-state index contributed by atoms with van der Waals surface area (Å²) in [4.78, 5) is 1.21. The van der Waals surface area contributed by atoms with Crippen LogP contribution in [-0.2, 0) is 5.60 Å². The third kappa shape index (κ3) is 2.80. The molecule has 18 heavy (non-hydrogen) atoms. The summed E-state index contributed by atoms with van der Waals surface area (Å²) in [6, 6.07) is 2.13. The Bertz CT molecular complexity index is 401. The molecule has 0 aliphatic heterocycles. The van der Waals surface area contributed by atoms with Gasteiger partial charge in [0.05, 0.1) is 5.60 Å². The Morgan fingerprint density at radius 1 is 1.28 bits per heavy atom. The van der Waals surface area contributed by atoms with Gasteiger partial charge in [-0.05, 0) is 67.4 Å². The Labute approximate surface area is 115 Å². The minimum atomic E-state index is -0.557. The molecule has 0 amide bonds. The Hall–Kier alpha value is -0.340. The van der Waals surface area contributed by atoms with Crippen molar-refractivity contribution < 1.29 is 5.11 Å². The van der Waals surface area contributed by atoms with E-state index < -0.39 is 5.60 Å². The molecule has 0 spiro atoms. The van der Waals surface area contributed by atoms with Crippen LogP contribution in [0, 0.1) is 18.3 Å². The molecule has 2 atom stereocenters. The zero-order valence-electron chi connectivity index (χ0n) is 12.1. The van der Waals surface area contributed by atoms with Crippen LogP contribution in [0.1, 0.15) is 63.3 Å². The van der Waals surface area contributed by atoms with Crippen molar-refractivity contribution in [3.63, 3.8) is 0 Å². The van der Waals surface area contributed by atoms with Gasteiger partial charge in [0.25, 0.3) is 0 Å². The minimum absolute atomic E-state index is 0.371. The number of thiophene rings is 1. The average Bonchev–Trinajstić information content (AvgIpc) is 2.57. The van der Waals surface area contributed by atoms with Crippen molar-refractivity contribution in [1.29, 1.82) is 0 Å². The van der Waals surface area contributed by atoms with Gasteiger partial charge in [-0.15, -0.1) is 11.3 Å². The van der Waals surface area contributed by atoms with E-state index in [1.165, 1.54) is 16.9 Å². The Balaban J connectivity index is 2.16. The van der Waals surface area contributed by atoms with Gasteiger partial charge < -0.3 is 5.11 Å². The number of rotatable bonds is 1. The van der Waals surface area contributed by atoms with Crippen molar-refractivity contribution in [2.75, 3.05) is 0 Å². The van der Waals surface area contributed by atoms with Crippen LogP contribution in [0.15, 0.2) is 11.4 Å². The van der Waals surface area contributed by atoms with E-state index in [4.69, 9.17) is 0 Å². The van der Waals surface area contributed by atoms with E-state index in [1.54, 1.807) is 11.3 Å². The molecule has 0 bridgehead atoms. The van der Waals surface area contributed by atoms with Crippen LogP contribution in [0.5, 0.6) is 0 Å². The maximum Gasteiger partial charge on any atom is 0.0990 e. The molecule has 1 nitrogen and oxygen atoms in total. The molecule has 102 valence electrons. The highest BCUT2D eigenvalue weighted by Crippen LogP contribution is 2.45. The topological polar surface area (TPSA) is 20.2 Å². The summed E-state index contributed by atoms with van der Waals surface area (Å²) in [6.45, 7) is 9.12. The van der Waals surface area contributed by atoms with Crippen molar-refractivity contribution >= 4 is 11.3 Å². The Kier molecular flexibility index (Phi) is 3.89. The van der Waals surface area contributed by atoms with E-state index in [0.717, 1.165) is 31.6 Å². The molecule has 1 aromatic heterocycles. The summed E-state index contributed by atoms with van der Waals surface area (Å²) in [7, 11) is 0. The van der Waals surface area contributed by atoms with E-state index in [-0.39, 0.29) is 0 Å². The van der Waals surface area contributed by atoms with Gasteiger partial charge in [0.2, 0.25) is 0 Å². The predicted octanol–water partition coefficient (Wildman–Crippen LogP) is 4.87. The second-order valence-corrected chi connectivity index (χ2v) is 7.87. The number of aliphatic hydroxyl groups is 1. The van der Waals surface area contributed by atoms with Crippen LogP contribution >= 0.6 is 11.3 Å².